The Kier molecular flexibility index (Phi) is 8.14. The molecule has 7 heteroatoms. The second kappa shape index (κ2) is 10.2. The van der Waals surface area contributed by atoms with Gasteiger partial charge in [0, 0.05) is 34.4 Å². The van der Waals surface area contributed by atoms with E-state index in [1.54, 1.807) is 17.0 Å². The monoisotopic (exact) mass is 636 g/mol. The van der Waals surface area contributed by atoms with Gasteiger partial charge in [-0.1, -0.05) is 66.6 Å². The maximum atomic E-state index is 14.0. The summed E-state index contributed by atoms with van der Waals surface area (Å²) in [4.78, 5) is 17.4. The summed E-state index contributed by atoms with van der Waals surface area (Å²) < 4.78 is 16.9. The first-order chi connectivity index (χ1) is 13.8. The van der Waals surface area contributed by atoms with Gasteiger partial charge >= 0.3 is 0 Å². The van der Waals surface area contributed by atoms with E-state index in [9.17, 15) is 9.18 Å². The molecule has 0 aliphatic carbocycles. The third-order valence-electron chi connectivity index (χ3n) is 5.68. The first-order valence-corrected chi connectivity index (χ1v) is 12.7. The van der Waals surface area contributed by atoms with E-state index in [0.717, 1.165) is 50.6 Å². The predicted molar refractivity (Wildman–Crippen MR) is 131 cm³/mol. The van der Waals surface area contributed by atoms with E-state index in [-0.39, 0.29) is 17.1 Å². The van der Waals surface area contributed by atoms with Crippen LogP contribution >= 0.6 is 54.5 Å². The van der Waals surface area contributed by atoms with Gasteiger partial charge in [0.15, 0.2) is 0 Å². The Bertz CT molecular complexity index is 851. The van der Waals surface area contributed by atoms with Crippen LogP contribution in [0.4, 0.5) is 4.39 Å². The van der Waals surface area contributed by atoms with Gasteiger partial charge in [-0.3, -0.25) is 9.69 Å². The number of alkyl halides is 1. The van der Waals surface area contributed by atoms with Crippen molar-refractivity contribution in [3.8, 4) is 0 Å². The van der Waals surface area contributed by atoms with E-state index < -0.39 is 0 Å². The Labute approximate surface area is 202 Å². The molecule has 0 aromatic heterocycles. The van der Waals surface area contributed by atoms with E-state index in [2.05, 4.69) is 59.4 Å². The van der Waals surface area contributed by atoms with Crippen molar-refractivity contribution >= 4 is 60.4 Å². The van der Waals surface area contributed by atoms with Gasteiger partial charge in [0.1, 0.15) is 5.82 Å². The fourth-order valence-corrected chi connectivity index (χ4v) is 6.05. The van der Waals surface area contributed by atoms with Crippen LogP contribution in [0.15, 0.2) is 51.4 Å². The van der Waals surface area contributed by atoms with Gasteiger partial charge in [0.2, 0.25) is 5.91 Å². The highest BCUT2D eigenvalue weighted by Gasteiger charge is 2.38. The number of halogens is 4. The molecule has 0 unspecified atom stereocenters. The summed E-state index contributed by atoms with van der Waals surface area (Å²) in [6.45, 7) is 2.39. The minimum atomic E-state index is -0.312. The first-order valence-electron chi connectivity index (χ1n) is 9.55. The number of likely N-dealkylation sites (tertiary alicyclic amines) is 1. The SMILES string of the molecule is CN(Cc1cc(Br)cc(Br)c1)C(=O)CC1(c2cccc(F)c2)CCN(CI)CC1. The topological polar surface area (TPSA) is 23.6 Å². The highest BCUT2D eigenvalue weighted by atomic mass is 127. The average molecular weight is 638 g/mol. The zero-order valence-electron chi connectivity index (χ0n) is 16.3. The molecule has 0 spiro atoms. The molecule has 3 rings (SSSR count). The second-order valence-electron chi connectivity index (χ2n) is 7.73. The van der Waals surface area contributed by atoms with Crippen molar-refractivity contribution in [2.45, 2.75) is 31.2 Å². The summed E-state index contributed by atoms with van der Waals surface area (Å²) in [6, 6.07) is 12.8. The van der Waals surface area contributed by atoms with Crippen molar-refractivity contribution in [1.82, 2.24) is 9.80 Å². The molecule has 3 nitrogen and oxygen atoms in total. The summed E-state index contributed by atoms with van der Waals surface area (Å²) >= 11 is 9.38. The molecule has 1 aliphatic rings. The number of hydrogen-bond acceptors (Lipinski definition) is 2. The Morgan fingerprint density at radius 2 is 1.83 bits per heavy atom. The minimum Gasteiger partial charge on any atom is -0.341 e. The number of nitrogens with zero attached hydrogens (tertiary/aromatic N) is 2. The second-order valence-corrected chi connectivity index (χ2v) is 10.2. The lowest BCUT2D eigenvalue weighted by molar-refractivity contribution is -0.132. The van der Waals surface area contributed by atoms with E-state index in [4.69, 9.17) is 0 Å². The van der Waals surface area contributed by atoms with Crippen LogP contribution in [-0.4, -0.2) is 40.4 Å². The van der Waals surface area contributed by atoms with Crippen LogP contribution in [0.5, 0.6) is 0 Å². The third kappa shape index (κ3) is 6.02. The molecule has 0 saturated carbocycles. The highest BCUT2D eigenvalue weighted by molar-refractivity contribution is 14.1. The minimum absolute atomic E-state index is 0.0910. The van der Waals surface area contributed by atoms with Crippen molar-refractivity contribution in [3.63, 3.8) is 0 Å². The number of amides is 1. The molecule has 0 N–H and O–H groups in total. The Morgan fingerprint density at radius 1 is 1.17 bits per heavy atom. The fourth-order valence-electron chi connectivity index (χ4n) is 3.98. The van der Waals surface area contributed by atoms with Crippen molar-refractivity contribution in [2.24, 2.45) is 0 Å². The molecular formula is C22H24Br2FIN2O. The normalized spacial score (nSPS) is 16.6. The van der Waals surface area contributed by atoms with Gasteiger partial charge in [0.25, 0.3) is 0 Å². The quantitative estimate of drug-likeness (QED) is 0.216. The summed E-state index contributed by atoms with van der Waals surface area (Å²) in [6.07, 6.45) is 2.13. The Morgan fingerprint density at radius 3 is 2.41 bits per heavy atom. The molecule has 2 aromatic carbocycles. The van der Waals surface area contributed by atoms with E-state index in [1.165, 1.54) is 6.07 Å². The molecule has 1 aliphatic heterocycles. The lowest BCUT2D eigenvalue weighted by Crippen LogP contribution is -2.45. The van der Waals surface area contributed by atoms with Gasteiger partial charge < -0.3 is 4.90 Å². The van der Waals surface area contributed by atoms with Gasteiger partial charge in [-0.2, -0.15) is 0 Å². The number of carbonyl (C=O) groups excluding carboxylic acids is 1. The van der Waals surface area contributed by atoms with Gasteiger partial charge in [-0.25, -0.2) is 4.39 Å². The van der Waals surface area contributed by atoms with Crippen LogP contribution in [0.25, 0.3) is 0 Å². The fraction of sp³-hybridized carbons (Fsp3) is 0.409. The average Bonchev–Trinajstić information content (AvgIpc) is 2.67. The third-order valence-corrected chi connectivity index (χ3v) is 7.56. The van der Waals surface area contributed by atoms with E-state index >= 15 is 0 Å². The summed E-state index contributed by atoms with van der Waals surface area (Å²) in [5.41, 5.74) is 1.69. The predicted octanol–water partition coefficient (Wildman–Crippen LogP) is 6.13. The number of hydrogen-bond donors (Lipinski definition) is 0. The maximum Gasteiger partial charge on any atom is 0.223 e. The Balaban J connectivity index is 1.79. The molecular weight excluding hydrogens is 614 g/mol. The standard InChI is InChI=1S/C22H24Br2FIN2O/c1-27(14-16-9-18(23)12-19(24)10-16)21(29)13-22(5-7-28(15-26)8-6-22)17-3-2-4-20(25)11-17/h2-4,9-12H,5-8,13-15H2,1H3. The van der Waals surface area contributed by atoms with Crippen LogP contribution in [0.3, 0.4) is 0 Å². The molecule has 156 valence electrons. The summed E-state index contributed by atoms with van der Waals surface area (Å²) in [5.74, 6) is -0.147. The number of carbonyl (C=O) groups is 1. The molecule has 1 heterocycles. The molecule has 1 amide bonds. The van der Waals surface area contributed by atoms with Gasteiger partial charge in [-0.05, 0) is 67.4 Å². The van der Waals surface area contributed by atoms with Crippen molar-refractivity contribution in [3.05, 3.63) is 68.4 Å². The van der Waals surface area contributed by atoms with Crippen molar-refractivity contribution in [1.29, 1.82) is 0 Å². The Hall–Kier alpha value is -0.510. The molecule has 0 radical (unpaired) electrons. The van der Waals surface area contributed by atoms with Crippen LogP contribution in [0.2, 0.25) is 0 Å². The highest BCUT2D eigenvalue weighted by Crippen LogP contribution is 2.39. The van der Waals surface area contributed by atoms with Crippen molar-refractivity contribution < 1.29 is 9.18 Å². The van der Waals surface area contributed by atoms with Gasteiger partial charge in [0.05, 0.1) is 4.55 Å². The number of rotatable bonds is 6. The smallest absolute Gasteiger partial charge is 0.223 e. The van der Waals surface area contributed by atoms with E-state index in [0.29, 0.717) is 13.0 Å². The number of piperidine rings is 1. The zero-order chi connectivity index (χ0) is 21.0. The lowest BCUT2D eigenvalue weighted by atomic mass is 9.70. The van der Waals surface area contributed by atoms with Crippen molar-refractivity contribution in [2.75, 3.05) is 24.7 Å². The molecule has 1 fully saturated rings. The lowest BCUT2D eigenvalue weighted by Gasteiger charge is -2.42. The summed E-state index contributed by atoms with van der Waals surface area (Å²) in [7, 11) is 1.84. The van der Waals surface area contributed by atoms with Crippen LogP contribution in [-0.2, 0) is 16.8 Å². The van der Waals surface area contributed by atoms with Gasteiger partial charge in [-0.15, -0.1) is 0 Å². The zero-order valence-corrected chi connectivity index (χ0v) is 21.6. The maximum absolute atomic E-state index is 14.0. The molecule has 2 aromatic rings. The van der Waals surface area contributed by atoms with Crippen LogP contribution in [0.1, 0.15) is 30.4 Å². The van der Waals surface area contributed by atoms with Crippen LogP contribution in [0, 0.1) is 5.82 Å². The van der Waals surface area contributed by atoms with Crippen LogP contribution < -0.4 is 0 Å². The summed E-state index contributed by atoms with van der Waals surface area (Å²) in [5, 5.41) is 0. The van der Waals surface area contributed by atoms with E-state index in [1.807, 2.05) is 31.3 Å². The largest absolute Gasteiger partial charge is 0.341 e. The number of benzene rings is 2. The molecule has 0 bridgehead atoms. The molecule has 0 atom stereocenters. The molecule has 29 heavy (non-hydrogen) atoms. The first kappa shape index (κ1) is 23.2. The molecule has 1 saturated heterocycles.